The molecule has 0 radical (unpaired) electrons. The summed E-state index contributed by atoms with van der Waals surface area (Å²) in [6, 6.07) is 4.70. The number of amides is 3. The van der Waals surface area contributed by atoms with E-state index in [-0.39, 0.29) is 30.2 Å². The molecule has 1 aliphatic carbocycles. The first-order valence-corrected chi connectivity index (χ1v) is 8.71. The molecule has 1 saturated carbocycles. The summed E-state index contributed by atoms with van der Waals surface area (Å²) in [4.78, 5) is 38.5. The van der Waals surface area contributed by atoms with E-state index in [1.165, 1.54) is 18.9 Å². The Morgan fingerprint density at radius 1 is 1.36 bits per heavy atom. The van der Waals surface area contributed by atoms with Crippen molar-refractivity contribution in [1.29, 1.82) is 0 Å². The number of carbonyl (C=O) groups excluding carboxylic acids is 3. The average Bonchev–Trinajstić information content (AvgIpc) is 2.82. The molecular weight excluding hydrogens is 320 g/mol. The van der Waals surface area contributed by atoms with Gasteiger partial charge in [-0.2, -0.15) is 0 Å². The molecule has 2 fully saturated rings. The summed E-state index contributed by atoms with van der Waals surface area (Å²) in [6.07, 6.45) is 3.64. The first kappa shape index (κ1) is 17.5. The third kappa shape index (κ3) is 2.90. The zero-order valence-corrected chi connectivity index (χ0v) is 14.9. The monoisotopic (exact) mass is 344 g/mol. The highest BCUT2D eigenvalue weighted by Gasteiger charge is 2.54. The largest absolute Gasteiger partial charge is 0.496 e. The molecule has 0 unspecified atom stereocenters. The Morgan fingerprint density at radius 3 is 2.76 bits per heavy atom. The molecule has 2 atom stereocenters. The summed E-state index contributed by atoms with van der Waals surface area (Å²) in [5, 5.41) is 2.94. The fraction of sp³-hybridized carbons (Fsp3) is 0.526. The van der Waals surface area contributed by atoms with E-state index in [9.17, 15) is 14.4 Å². The van der Waals surface area contributed by atoms with Gasteiger partial charge in [-0.15, -0.1) is 0 Å². The molecule has 2 aliphatic rings. The van der Waals surface area contributed by atoms with E-state index in [0.717, 1.165) is 19.3 Å². The van der Waals surface area contributed by atoms with Gasteiger partial charge in [-0.1, -0.05) is 19.8 Å². The summed E-state index contributed by atoms with van der Waals surface area (Å²) in [5.74, 6) is 0.440. The van der Waals surface area contributed by atoms with Crippen molar-refractivity contribution in [3.8, 4) is 5.75 Å². The predicted molar refractivity (Wildman–Crippen MR) is 92.4 cm³/mol. The number of methoxy groups -OCH3 is 1. The number of Topliss-reactive ketones (excluding diaryl/α,β-unsaturated/α-hetero) is 1. The number of carbonyl (C=O) groups is 3. The molecule has 6 heteroatoms. The number of nitrogens with zero attached hydrogens (tertiary/aromatic N) is 1. The minimum absolute atomic E-state index is 0.0709. The summed E-state index contributed by atoms with van der Waals surface area (Å²) < 4.78 is 5.34. The van der Waals surface area contributed by atoms with Crippen LogP contribution in [-0.2, 0) is 11.3 Å². The van der Waals surface area contributed by atoms with Crippen molar-refractivity contribution in [2.75, 3.05) is 7.11 Å². The molecule has 1 spiro atoms. The van der Waals surface area contributed by atoms with Gasteiger partial charge in [0, 0.05) is 11.1 Å². The molecular formula is C19H24N2O4. The SMILES string of the molecule is COc1ccc(C(C)=O)cc1CN1C(=O)N[C@]2(CCCC[C@@H]2C)C1=O. The van der Waals surface area contributed by atoms with Gasteiger partial charge in [0.05, 0.1) is 13.7 Å². The molecule has 6 nitrogen and oxygen atoms in total. The Balaban J connectivity index is 1.90. The fourth-order valence-electron chi connectivity index (χ4n) is 3.93. The van der Waals surface area contributed by atoms with Crippen molar-refractivity contribution in [3.63, 3.8) is 0 Å². The van der Waals surface area contributed by atoms with E-state index in [1.54, 1.807) is 18.2 Å². The molecule has 3 amide bonds. The number of ketones is 1. The molecule has 1 N–H and O–H groups in total. The van der Waals surface area contributed by atoms with Gasteiger partial charge in [-0.3, -0.25) is 14.5 Å². The Morgan fingerprint density at radius 2 is 2.12 bits per heavy atom. The maximum Gasteiger partial charge on any atom is 0.325 e. The van der Waals surface area contributed by atoms with Gasteiger partial charge < -0.3 is 10.1 Å². The molecule has 1 aromatic rings. The molecule has 1 aliphatic heterocycles. The minimum Gasteiger partial charge on any atom is -0.496 e. The Labute approximate surface area is 147 Å². The highest BCUT2D eigenvalue weighted by molar-refractivity contribution is 6.07. The molecule has 1 saturated heterocycles. The van der Waals surface area contributed by atoms with E-state index in [0.29, 0.717) is 23.3 Å². The molecule has 25 heavy (non-hydrogen) atoms. The van der Waals surface area contributed by atoms with E-state index in [4.69, 9.17) is 4.74 Å². The number of ether oxygens (including phenoxy) is 1. The van der Waals surface area contributed by atoms with Crippen LogP contribution >= 0.6 is 0 Å². The van der Waals surface area contributed by atoms with Crippen LogP contribution in [-0.4, -0.2) is 35.3 Å². The second kappa shape index (κ2) is 6.50. The summed E-state index contributed by atoms with van der Waals surface area (Å²) in [6.45, 7) is 3.61. The molecule has 1 aromatic carbocycles. The van der Waals surface area contributed by atoms with E-state index in [1.807, 2.05) is 6.92 Å². The third-order valence-corrected chi connectivity index (χ3v) is 5.52. The molecule has 0 aromatic heterocycles. The van der Waals surface area contributed by atoms with Crippen molar-refractivity contribution in [2.45, 2.75) is 51.6 Å². The summed E-state index contributed by atoms with van der Waals surface area (Å²) in [5.41, 5.74) is 0.406. The Bertz CT molecular complexity index is 730. The van der Waals surface area contributed by atoms with Gasteiger partial charge in [0.2, 0.25) is 0 Å². The lowest BCUT2D eigenvalue weighted by Crippen LogP contribution is -2.53. The van der Waals surface area contributed by atoms with Gasteiger partial charge in [0.1, 0.15) is 11.3 Å². The normalized spacial score (nSPS) is 26.0. The van der Waals surface area contributed by atoms with Crippen molar-refractivity contribution < 1.29 is 19.1 Å². The standard InChI is InChI=1S/C19H24N2O4/c1-12-6-4-5-9-19(12)17(23)21(18(24)20-19)11-15-10-14(13(2)22)7-8-16(15)25-3/h7-8,10,12H,4-6,9,11H2,1-3H3,(H,20,24)/t12-,19-/m0/s1. The first-order chi connectivity index (χ1) is 11.9. The van der Waals surface area contributed by atoms with Crippen LogP contribution < -0.4 is 10.1 Å². The van der Waals surface area contributed by atoms with Gasteiger partial charge in [-0.25, -0.2) is 4.79 Å². The first-order valence-electron chi connectivity index (χ1n) is 8.71. The molecule has 134 valence electrons. The van der Waals surface area contributed by atoms with Crippen molar-refractivity contribution in [1.82, 2.24) is 10.2 Å². The van der Waals surface area contributed by atoms with Crippen LogP contribution in [0.25, 0.3) is 0 Å². The van der Waals surface area contributed by atoms with Crippen LogP contribution in [0.5, 0.6) is 5.75 Å². The van der Waals surface area contributed by atoms with Crippen LogP contribution in [0.4, 0.5) is 4.79 Å². The lowest BCUT2D eigenvalue weighted by Gasteiger charge is -2.36. The average molecular weight is 344 g/mol. The van der Waals surface area contributed by atoms with Crippen LogP contribution in [0.2, 0.25) is 0 Å². The van der Waals surface area contributed by atoms with Crippen LogP contribution in [0.1, 0.15) is 55.5 Å². The summed E-state index contributed by atoms with van der Waals surface area (Å²) in [7, 11) is 1.53. The zero-order valence-electron chi connectivity index (χ0n) is 14.9. The highest BCUT2D eigenvalue weighted by Crippen LogP contribution is 2.39. The van der Waals surface area contributed by atoms with Gasteiger partial charge in [0.25, 0.3) is 5.91 Å². The number of hydrogen-bond acceptors (Lipinski definition) is 4. The Kier molecular flexibility index (Phi) is 4.54. The quantitative estimate of drug-likeness (QED) is 0.673. The molecule has 0 bridgehead atoms. The van der Waals surface area contributed by atoms with E-state index < -0.39 is 5.54 Å². The topological polar surface area (TPSA) is 75.7 Å². The third-order valence-electron chi connectivity index (χ3n) is 5.52. The fourth-order valence-corrected chi connectivity index (χ4v) is 3.93. The minimum atomic E-state index is -0.777. The Hall–Kier alpha value is -2.37. The van der Waals surface area contributed by atoms with Gasteiger partial charge in [0.15, 0.2) is 5.78 Å². The number of nitrogens with one attached hydrogen (secondary N) is 1. The van der Waals surface area contributed by atoms with E-state index >= 15 is 0 Å². The maximum absolute atomic E-state index is 13.1. The molecule has 3 rings (SSSR count). The maximum atomic E-state index is 13.1. The van der Waals surface area contributed by atoms with Crippen molar-refractivity contribution in [3.05, 3.63) is 29.3 Å². The van der Waals surface area contributed by atoms with E-state index in [2.05, 4.69) is 5.32 Å². The number of imide groups is 1. The van der Waals surface area contributed by atoms with Crippen LogP contribution in [0.15, 0.2) is 18.2 Å². The lowest BCUT2D eigenvalue weighted by molar-refractivity contribution is -0.134. The zero-order chi connectivity index (χ0) is 18.2. The number of urea groups is 1. The molecule has 1 heterocycles. The highest BCUT2D eigenvalue weighted by atomic mass is 16.5. The van der Waals surface area contributed by atoms with Crippen molar-refractivity contribution >= 4 is 17.7 Å². The van der Waals surface area contributed by atoms with Gasteiger partial charge >= 0.3 is 6.03 Å². The van der Waals surface area contributed by atoms with Crippen molar-refractivity contribution in [2.24, 2.45) is 5.92 Å². The number of rotatable bonds is 4. The second-order valence-corrected chi connectivity index (χ2v) is 7.02. The predicted octanol–water partition coefficient (Wildman–Crippen LogP) is 2.90. The second-order valence-electron chi connectivity index (χ2n) is 7.02. The van der Waals surface area contributed by atoms with Gasteiger partial charge in [-0.05, 0) is 43.9 Å². The number of benzene rings is 1. The smallest absolute Gasteiger partial charge is 0.325 e. The van der Waals surface area contributed by atoms with Crippen LogP contribution in [0, 0.1) is 5.92 Å². The summed E-state index contributed by atoms with van der Waals surface area (Å²) >= 11 is 0. The number of hydrogen-bond donors (Lipinski definition) is 1. The lowest BCUT2D eigenvalue weighted by atomic mass is 9.73. The van der Waals surface area contributed by atoms with Crippen LogP contribution in [0.3, 0.4) is 0 Å².